The highest BCUT2D eigenvalue weighted by Crippen LogP contribution is 2.38. The lowest BCUT2D eigenvalue weighted by Crippen LogP contribution is -2.39. The highest BCUT2D eigenvalue weighted by atomic mass is 35.5. The van der Waals surface area contributed by atoms with E-state index >= 15 is 0 Å². The Bertz CT molecular complexity index is 764. The van der Waals surface area contributed by atoms with Crippen LogP contribution in [-0.2, 0) is 0 Å². The molecule has 138 valence electrons. The monoisotopic (exact) mass is 370 g/mol. The van der Waals surface area contributed by atoms with Crippen LogP contribution >= 0.6 is 11.6 Å². The molecule has 1 aromatic heterocycles. The topological polar surface area (TPSA) is 42.0 Å². The largest absolute Gasteiger partial charge is 0.349 e. The zero-order valence-electron chi connectivity index (χ0n) is 15.8. The Labute approximate surface area is 161 Å². The molecular formula is C22H27ClN2O. The number of halogens is 1. The van der Waals surface area contributed by atoms with Gasteiger partial charge in [-0.3, -0.25) is 9.78 Å². The summed E-state index contributed by atoms with van der Waals surface area (Å²) in [5.74, 6) is 1.13. The highest BCUT2D eigenvalue weighted by Gasteiger charge is 2.28. The van der Waals surface area contributed by atoms with Crippen molar-refractivity contribution in [3.8, 4) is 0 Å². The Hall–Kier alpha value is -1.87. The molecule has 0 bridgehead atoms. The lowest BCUT2D eigenvalue weighted by molar-refractivity contribution is 0.0918. The van der Waals surface area contributed by atoms with Crippen molar-refractivity contribution in [1.82, 2.24) is 10.3 Å². The van der Waals surface area contributed by atoms with E-state index in [1.807, 2.05) is 6.20 Å². The van der Waals surface area contributed by atoms with Crippen LogP contribution in [0.25, 0.3) is 0 Å². The fraction of sp³-hybridized carbons (Fsp3) is 0.455. The summed E-state index contributed by atoms with van der Waals surface area (Å²) in [6, 6.07) is 9.42. The van der Waals surface area contributed by atoms with E-state index in [2.05, 4.69) is 37.1 Å². The Morgan fingerprint density at radius 2 is 1.77 bits per heavy atom. The zero-order chi connectivity index (χ0) is 18.7. The van der Waals surface area contributed by atoms with Crippen LogP contribution in [0.1, 0.15) is 65.7 Å². The maximum absolute atomic E-state index is 12.4. The summed E-state index contributed by atoms with van der Waals surface area (Å²) in [7, 11) is 0. The second kappa shape index (κ2) is 8.22. The van der Waals surface area contributed by atoms with Crippen LogP contribution in [0.5, 0.6) is 0 Å². The van der Waals surface area contributed by atoms with Crippen LogP contribution in [0.4, 0.5) is 0 Å². The molecule has 1 amide bonds. The van der Waals surface area contributed by atoms with Gasteiger partial charge in [0.25, 0.3) is 5.91 Å². The number of benzene rings is 1. The first kappa shape index (κ1) is 18.9. The number of carbonyl (C=O) groups excluding carboxylic acids is 1. The molecule has 1 aliphatic carbocycles. The van der Waals surface area contributed by atoms with E-state index in [-0.39, 0.29) is 11.9 Å². The van der Waals surface area contributed by atoms with Crippen LogP contribution < -0.4 is 5.32 Å². The Balaban J connectivity index is 1.56. The van der Waals surface area contributed by atoms with E-state index in [4.69, 9.17) is 11.6 Å². The molecule has 1 aliphatic rings. The average Bonchev–Trinajstić information content (AvgIpc) is 2.64. The van der Waals surface area contributed by atoms with Crippen LogP contribution in [0.3, 0.4) is 0 Å². The van der Waals surface area contributed by atoms with Gasteiger partial charge >= 0.3 is 0 Å². The van der Waals surface area contributed by atoms with E-state index in [1.165, 1.54) is 24.0 Å². The second-order valence-electron chi connectivity index (χ2n) is 7.49. The van der Waals surface area contributed by atoms with Crippen molar-refractivity contribution in [2.75, 3.05) is 0 Å². The van der Waals surface area contributed by atoms with Crippen molar-refractivity contribution in [3.63, 3.8) is 0 Å². The number of nitrogens with zero attached hydrogens (tertiary/aromatic N) is 1. The predicted molar refractivity (Wildman–Crippen MR) is 107 cm³/mol. The van der Waals surface area contributed by atoms with Crippen molar-refractivity contribution < 1.29 is 4.79 Å². The minimum Gasteiger partial charge on any atom is -0.349 e. The summed E-state index contributed by atoms with van der Waals surface area (Å²) >= 11 is 5.89. The van der Waals surface area contributed by atoms with Gasteiger partial charge in [0.05, 0.1) is 0 Å². The molecule has 0 radical (unpaired) electrons. The van der Waals surface area contributed by atoms with E-state index in [0.717, 1.165) is 18.5 Å². The van der Waals surface area contributed by atoms with Gasteiger partial charge in [-0.05, 0) is 99.7 Å². The zero-order valence-corrected chi connectivity index (χ0v) is 16.5. The molecule has 4 heteroatoms. The van der Waals surface area contributed by atoms with Gasteiger partial charge in [0, 0.05) is 28.5 Å². The third-order valence-corrected chi connectivity index (χ3v) is 6.13. The van der Waals surface area contributed by atoms with E-state index in [1.54, 1.807) is 24.3 Å². The lowest BCUT2D eigenvalue weighted by atomic mass is 9.75. The molecule has 3 nitrogen and oxygen atoms in total. The summed E-state index contributed by atoms with van der Waals surface area (Å²) in [6.07, 6.45) is 6.58. The number of hydrogen-bond acceptors (Lipinski definition) is 2. The van der Waals surface area contributed by atoms with Crippen molar-refractivity contribution in [1.29, 1.82) is 0 Å². The smallest absolute Gasteiger partial charge is 0.251 e. The van der Waals surface area contributed by atoms with E-state index in [0.29, 0.717) is 22.4 Å². The first-order valence-corrected chi connectivity index (χ1v) is 9.82. The summed E-state index contributed by atoms with van der Waals surface area (Å²) in [5, 5.41) is 3.82. The van der Waals surface area contributed by atoms with Crippen LogP contribution in [0.2, 0.25) is 5.02 Å². The number of hydrogen-bond donors (Lipinski definition) is 1. The van der Waals surface area contributed by atoms with Crippen LogP contribution in [0, 0.1) is 19.8 Å². The quantitative estimate of drug-likeness (QED) is 0.778. The van der Waals surface area contributed by atoms with E-state index in [9.17, 15) is 4.79 Å². The maximum atomic E-state index is 12.4. The predicted octanol–water partition coefficient (Wildman–Crippen LogP) is 5.44. The molecule has 26 heavy (non-hydrogen) atoms. The second-order valence-corrected chi connectivity index (χ2v) is 7.93. The summed E-state index contributed by atoms with van der Waals surface area (Å²) in [6.45, 7) is 6.39. The molecule has 0 saturated heterocycles. The van der Waals surface area contributed by atoms with Crippen molar-refractivity contribution >= 4 is 17.5 Å². The van der Waals surface area contributed by atoms with Gasteiger partial charge in [0.15, 0.2) is 0 Å². The molecule has 1 aromatic carbocycles. The minimum atomic E-state index is -0.0168. The normalized spacial score (nSPS) is 21.2. The lowest BCUT2D eigenvalue weighted by Gasteiger charge is -2.33. The average molecular weight is 371 g/mol. The first-order valence-electron chi connectivity index (χ1n) is 9.44. The van der Waals surface area contributed by atoms with Gasteiger partial charge in [0.1, 0.15) is 0 Å². The number of nitrogens with one attached hydrogen (secondary N) is 1. The van der Waals surface area contributed by atoms with Gasteiger partial charge in [0.2, 0.25) is 0 Å². The number of aromatic nitrogens is 1. The standard InChI is InChI=1S/C22H27ClN2O/c1-14-15(2)24-13-12-21(14)18-6-4-17(5-7-18)16(3)25-22(26)19-8-10-20(23)11-9-19/h8-13,16-18H,4-7H2,1-3H3,(H,25,26). The van der Waals surface area contributed by atoms with Crippen LogP contribution in [0.15, 0.2) is 36.5 Å². The number of aryl methyl sites for hydroxylation is 1. The molecule has 1 atom stereocenters. The molecule has 1 unspecified atom stereocenters. The number of amides is 1. The van der Waals surface area contributed by atoms with Gasteiger partial charge in [-0.1, -0.05) is 11.6 Å². The molecule has 2 aromatic rings. The molecular weight excluding hydrogens is 344 g/mol. The Morgan fingerprint density at radius 1 is 1.12 bits per heavy atom. The molecule has 0 spiro atoms. The van der Waals surface area contributed by atoms with Gasteiger partial charge in [-0.25, -0.2) is 0 Å². The van der Waals surface area contributed by atoms with E-state index < -0.39 is 0 Å². The summed E-state index contributed by atoms with van der Waals surface area (Å²) < 4.78 is 0. The molecule has 1 fully saturated rings. The minimum absolute atomic E-state index is 0.0168. The fourth-order valence-electron chi connectivity index (χ4n) is 4.04. The van der Waals surface area contributed by atoms with Gasteiger partial charge in [-0.15, -0.1) is 0 Å². The van der Waals surface area contributed by atoms with Crippen molar-refractivity contribution in [3.05, 3.63) is 63.9 Å². The molecule has 0 aliphatic heterocycles. The number of carbonyl (C=O) groups is 1. The van der Waals surface area contributed by atoms with Crippen LogP contribution in [-0.4, -0.2) is 16.9 Å². The number of pyridine rings is 1. The van der Waals surface area contributed by atoms with Gasteiger partial charge < -0.3 is 5.32 Å². The Morgan fingerprint density at radius 3 is 2.42 bits per heavy atom. The Kier molecular flexibility index (Phi) is 5.98. The third kappa shape index (κ3) is 4.27. The highest BCUT2D eigenvalue weighted by molar-refractivity contribution is 6.30. The third-order valence-electron chi connectivity index (χ3n) is 5.88. The molecule has 3 rings (SSSR count). The summed E-state index contributed by atoms with van der Waals surface area (Å²) in [5.41, 5.74) is 4.58. The van der Waals surface area contributed by atoms with Crippen molar-refractivity contribution in [2.45, 2.75) is 58.4 Å². The molecule has 1 N–H and O–H groups in total. The maximum Gasteiger partial charge on any atom is 0.251 e. The molecule has 1 heterocycles. The summed E-state index contributed by atoms with van der Waals surface area (Å²) in [4.78, 5) is 16.8. The molecule has 1 saturated carbocycles. The first-order chi connectivity index (χ1) is 12.5. The van der Waals surface area contributed by atoms with Crippen molar-refractivity contribution in [2.24, 2.45) is 5.92 Å². The van der Waals surface area contributed by atoms with Gasteiger partial charge in [-0.2, -0.15) is 0 Å². The number of rotatable bonds is 4. The fourth-order valence-corrected chi connectivity index (χ4v) is 4.17. The SMILES string of the molecule is Cc1nccc(C2CCC(C(C)NC(=O)c3ccc(Cl)cc3)CC2)c1C.